The summed E-state index contributed by atoms with van der Waals surface area (Å²) >= 11 is 0. The monoisotopic (exact) mass is 267 g/mol. The number of ether oxygens (including phenoxy) is 1. The molecule has 0 bridgehead atoms. The van der Waals surface area contributed by atoms with Crippen LogP contribution in [0.25, 0.3) is 0 Å². The number of rotatable bonds is 2. The van der Waals surface area contributed by atoms with Crippen molar-refractivity contribution >= 4 is 6.09 Å². The molecule has 2 unspecified atom stereocenters. The Morgan fingerprint density at radius 1 is 1.32 bits per heavy atom. The van der Waals surface area contributed by atoms with Crippen LogP contribution >= 0.6 is 0 Å². The first kappa shape index (κ1) is 12.4. The minimum atomic E-state index is -2.57. The van der Waals surface area contributed by atoms with E-state index in [4.69, 9.17) is 4.74 Å². The van der Waals surface area contributed by atoms with E-state index in [1.54, 1.807) is 0 Å². The van der Waals surface area contributed by atoms with Crippen LogP contribution in [0.4, 0.5) is 13.6 Å². The lowest BCUT2D eigenvalue weighted by Gasteiger charge is -2.24. The van der Waals surface area contributed by atoms with E-state index in [0.29, 0.717) is 13.0 Å². The fourth-order valence-corrected chi connectivity index (χ4v) is 2.70. The summed E-state index contributed by atoms with van der Waals surface area (Å²) in [5, 5.41) is 0. The van der Waals surface area contributed by atoms with Crippen molar-refractivity contribution in [2.75, 3.05) is 13.1 Å². The van der Waals surface area contributed by atoms with Crippen LogP contribution in [-0.4, -0.2) is 30.0 Å². The van der Waals surface area contributed by atoms with Gasteiger partial charge >= 0.3 is 6.09 Å². The number of carbonyl (C=O) groups is 1. The van der Waals surface area contributed by atoms with Gasteiger partial charge in [0.15, 0.2) is 0 Å². The molecule has 0 N–H and O–H groups in total. The van der Waals surface area contributed by atoms with Crippen molar-refractivity contribution in [2.45, 2.75) is 19.0 Å². The quantitative estimate of drug-likeness (QED) is 0.824. The number of nitrogens with zero attached hydrogens (tertiary/aromatic N) is 1. The van der Waals surface area contributed by atoms with Crippen molar-refractivity contribution in [1.82, 2.24) is 4.90 Å². The average Bonchev–Trinajstić information content (AvgIpc) is 2.99. The van der Waals surface area contributed by atoms with Crippen LogP contribution in [-0.2, 0) is 11.3 Å². The summed E-state index contributed by atoms with van der Waals surface area (Å²) in [7, 11) is 0. The fourth-order valence-electron chi connectivity index (χ4n) is 2.70. The Kier molecular flexibility index (Phi) is 2.92. The van der Waals surface area contributed by atoms with Gasteiger partial charge in [0, 0.05) is 24.9 Å². The molecule has 0 spiro atoms. The summed E-state index contributed by atoms with van der Waals surface area (Å²) in [4.78, 5) is 13.2. The molecule has 1 aliphatic carbocycles. The van der Waals surface area contributed by atoms with Crippen LogP contribution in [0.1, 0.15) is 12.0 Å². The van der Waals surface area contributed by atoms with Gasteiger partial charge in [-0.3, -0.25) is 0 Å². The number of alkyl halides is 2. The van der Waals surface area contributed by atoms with Gasteiger partial charge in [-0.15, -0.1) is 0 Å². The minimum Gasteiger partial charge on any atom is -0.445 e. The van der Waals surface area contributed by atoms with E-state index < -0.39 is 23.9 Å². The fraction of sp³-hybridized carbons (Fsp3) is 0.500. The first-order valence-corrected chi connectivity index (χ1v) is 6.42. The number of hydrogen-bond donors (Lipinski definition) is 0. The minimum absolute atomic E-state index is 0.116. The van der Waals surface area contributed by atoms with Crippen molar-refractivity contribution in [3.63, 3.8) is 0 Å². The molecule has 19 heavy (non-hydrogen) atoms. The number of amides is 1. The van der Waals surface area contributed by atoms with Crippen LogP contribution in [0.3, 0.4) is 0 Å². The molecule has 1 saturated heterocycles. The zero-order valence-electron chi connectivity index (χ0n) is 10.4. The molecule has 3 nitrogen and oxygen atoms in total. The molecule has 2 fully saturated rings. The lowest BCUT2D eigenvalue weighted by atomic mass is 10.1. The summed E-state index contributed by atoms with van der Waals surface area (Å²) in [6.07, 6.45) is -0.122. The summed E-state index contributed by atoms with van der Waals surface area (Å²) < 4.78 is 31.6. The Morgan fingerprint density at radius 2 is 2.05 bits per heavy atom. The van der Waals surface area contributed by atoms with Gasteiger partial charge < -0.3 is 9.64 Å². The maximum atomic E-state index is 13.2. The molecular formula is C14H15F2NO2. The number of likely N-dealkylation sites (tertiary alicyclic amines) is 1. The van der Waals surface area contributed by atoms with Gasteiger partial charge in [0.05, 0.1) is 0 Å². The molecule has 2 aliphatic rings. The second kappa shape index (κ2) is 4.47. The number of benzene rings is 1. The smallest absolute Gasteiger partial charge is 0.410 e. The van der Waals surface area contributed by atoms with Crippen molar-refractivity contribution in [2.24, 2.45) is 11.8 Å². The van der Waals surface area contributed by atoms with E-state index in [-0.39, 0.29) is 13.2 Å². The average molecular weight is 267 g/mol. The highest BCUT2D eigenvalue weighted by atomic mass is 19.3. The Balaban J connectivity index is 1.52. The Labute approximate surface area is 110 Å². The molecule has 1 heterocycles. The van der Waals surface area contributed by atoms with Crippen molar-refractivity contribution < 1.29 is 18.3 Å². The van der Waals surface area contributed by atoms with E-state index in [2.05, 4.69) is 0 Å². The molecule has 1 aromatic carbocycles. The Morgan fingerprint density at radius 3 is 2.74 bits per heavy atom. The number of halogens is 2. The van der Waals surface area contributed by atoms with E-state index in [9.17, 15) is 13.6 Å². The number of carbonyl (C=O) groups excluding carboxylic acids is 1. The van der Waals surface area contributed by atoms with Gasteiger partial charge in [-0.25, -0.2) is 13.6 Å². The number of fused-ring (bicyclic) bond motifs is 1. The Hall–Kier alpha value is -1.65. The van der Waals surface area contributed by atoms with Crippen molar-refractivity contribution in [3.8, 4) is 0 Å². The van der Waals surface area contributed by atoms with Crippen molar-refractivity contribution in [3.05, 3.63) is 35.9 Å². The second-order valence-corrected chi connectivity index (χ2v) is 5.16. The summed E-state index contributed by atoms with van der Waals surface area (Å²) in [6, 6.07) is 9.31. The standard InChI is InChI=1S/C14H15F2NO2/c15-14(16)11-6-7-17(8-12(11)14)13(18)19-9-10-4-2-1-3-5-10/h1-5,11-12H,6-9H2. The number of hydrogen-bond acceptors (Lipinski definition) is 2. The molecular weight excluding hydrogens is 252 g/mol. The topological polar surface area (TPSA) is 29.5 Å². The largest absolute Gasteiger partial charge is 0.445 e. The van der Waals surface area contributed by atoms with E-state index >= 15 is 0 Å². The van der Waals surface area contributed by atoms with Crippen LogP contribution < -0.4 is 0 Å². The SMILES string of the molecule is O=C(OCc1ccccc1)N1CCC2C(C1)C2(F)F. The maximum Gasteiger partial charge on any atom is 0.410 e. The predicted molar refractivity (Wildman–Crippen MR) is 64.7 cm³/mol. The van der Waals surface area contributed by atoms with Gasteiger partial charge in [0.1, 0.15) is 6.61 Å². The second-order valence-electron chi connectivity index (χ2n) is 5.16. The molecule has 1 aromatic rings. The first-order chi connectivity index (χ1) is 9.09. The van der Waals surface area contributed by atoms with Crippen LogP contribution in [0.5, 0.6) is 0 Å². The molecule has 0 radical (unpaired) electrons. The van der Waals surface area contributed by atoms with Crippen LogP contribution in [0.15, 0.2) is 30.3 Å². The maximum absolute atomic E-state index is 13.2. The molecule has 3 rings (SSSR count). The zero-order valence-corrected chi connectivity index (χ0v) is 10.4. The first-order valence-electron chi connectivity index (χ1n) is 6.42. The molecule has 1 amide bonds. The lowest BCUT2D eigenvalue weighted by Crippen LogP contribution is -2.37. The molecule has 5 heteroatoms. The predicted octanol–water partition coefficient (Wildman–Crippen LogP) is 2.91. The molecule has 1 saturated carbocycles. The highest BCUT2D eigenvalue weighted by Crippen LogP contribution is 2.59. The molecule has 0 aromatic heterocycles. The van der Waals surface area contributed by atoms with E-state index in [1.165, 1.54) is 4.90 Å². The molecule has 1 aliphatic heterocycles. The van der Waals surface area contributed by atoms with Crippen molar-refractivity contribution in [1.29, 1.82) is 0 Å². The third-order valence-electron chi connectivity index (χ3n) is 3.96. The summed E-state index contributed by atoms with van der Waals surface area (Å²) in [5.74, 6) is -3.76. The molecule has 2 atom stereocenters. The highest BCUT2D eigenvalue weighted by molar-refractivity contribution is 5.68. The zero-order chi connectivity index (χ0) is 13.5. The van der Waals surface area contributed by atoms with E-state index in [0.717, 1.165) is 5.56 Å². The van der Waals surface area contributed by atoms with Gasteiger partial charge in [0.2, 0.25) is 0 Å². The van der Waals surface area contributed by atoms with Crippen LogP contribution in [0.2, 0.25) is 0 Å². The normalized spacial score (nSPS) is 27.6. The van der Waals surface area contributed by atoms with E-state index in [1.807, 2.05) is 30.3 Å². The Bertz CT molecular complexity index is 478. The van der Waals surface area contributed by atoms with Gasteiger partial charge in [0.25, 0.3) is 5.92 Å². The lowest BCUT2D eigenvalue weighted by molar-refractivity contribution is 0.0774. The summed E-state index contributed by atoms with van der Waals surface area (Å²) in [5.41, 5.74) is 0.891. The number of piperidine rings is 1. The van der Waals surface area contributed by atoms with Gasteiger partial charge in [-0.2, -0.15) is 0 Å². The summed E-state index contributed by atoms with van der Waals surface area (Å²) in [6.45, 7) is 0.663. The third kappa shape index (κ3) is 2.29. The van der Waals surface area contributed by atoms with Crippen LogP contribution in [0, 0.1) is 11.8 Å². The molecule has 102 valence electrons. The van der Waals surface area contributed by atoms with Gasteiger partial charge in [-0.05, 0) is 12.0 Å². The highest BCUT2D eigenvalue weighted by Gasteiger charge is 2.69. The third-order valence-corrected chi connectivity index (χ3v) is 3.96. The van der Waals surface area contributed by atoms with Gasteiger partial charge in [-0.1, -0.05) is 30.3 Å².